The highest BCUT2D eigenvalue weighted by molar-refractivity contribution is 5.71. The smallest absolute Gasteiger partial charge is 0.160 e. The summed E-state index contributed by atoms with van der Waals surface area (Å²) in [5, 5.41) is 0. The van der Waals surface area contributed by atoms with E-state index in [4.69, 9.17) is 14.2 Å². The summed E-state index contributed by atoms with van der Waals surface area (Å²) in [6.07, 6.45) is 7.40. The first-order valence-corrected chi connectivity index (χ1v) is 11.8. The molecule has 3 aromatic carbocycles. The zero-order valence-electron chi connectivity index (χ0n) is 21.1. The molecule has 4 heteroatoms. The van der Waals surface area contributed by atoms with Crippen LogP contribution in [0.4, 0.5) is 0 Å². The van der Waals surface area contributed by atoms with Crippen LogP contribution in [0.25, 0.3) is 12.2 Å². The Labute approximate surface area is 204 Å². The predicted octanol–water partition coefficient (Wildman–Crippen LogP) is 6.38. The lowest BCUT2D eigenvalue weighted by molar-refractivity contribution is 0.249. The number of benzene rings is 3. The Balaban J connectivity index is 1.60. The molecule has 4 nitrogen and oxygen atoms in total. The summed E-state index contributed by atoms with van der Waals surface area (Å²) in [6.45, 7) is 3.28. The lowest BCUT2D eigenvalue weighted by Gasteiger charge is -2.25. The number of nitrogens with zero attached hydrogens (tertiary/aromatic N) is 1. The second kappa shape index (κ2) is 12.9. The summed E-state index contributed by atoms with van der Waals surface area (Å²) in [7, 11) is 7.27. The Morgan fingerprint density at radius 2 is 1.56 bits per heavy atom. The van der Waals surface area contributed by atoms with Crippen molar-refractivity contribution >= 4 is 12.2 Å². The van der Waals surface area contributed by atoms with Gasteiger partial charge < -0.3 is 19.1 Å². The molecule has 1 unspecified atom stereocenters. The number of hydrogen-bond donors (Lipinski definition) is 0. The minimum Gasteiger partial charge on any atom is -0.497 e. The third-order valence-electron chi connectivity index (χ3n) is 6.39. The minimum absolute atomic E-state index is 0.456. The van der Waals surface area contributed by atoms with E-state index in [0.717, 1.165) is 43.1 Å². The molecular formula is C30H37NO3. The van der Waals surface area contributed by atoms with Crippen LogP contribution in [-0.4, -0.2) is 45.9 Å². The van der Waals surface area contributed by atoms with Gasteiger partial charge in [0.2, 0.25) is 0 Å². The summed E-state index contributed by atoms with van der Waals surface area (Å²) in [5.41, 5.74) is 5.00. The van der Waals surface area contributed by atoms with Crippen molar-refractivity contribution in [2.75, 3.05) is 34.9 Å². The molecule has 1 atom stereocenters. The van der Waals surface area contributed by atoms with Crippen LogP contribution >= 0.6 is 0 Å². The molecule has 0 fully saturated rings. The number of rotatable bonds is 12. The van der Waals surface area contributed by atoms with E-state index in [-0.39, 0.29) is 0 Å². The van der Waals surface area contributed by atoms with Gasteiger partial charge in [-0.25, -0.2) is 0 Å². The van der Waals surface area contributed by atoms with Gasteiger partial charge in [-0.2, -0.15) is 0 Å². The number of likely N-dealkylation sites (N-methyl/N-ethyl adjacent to an activating group) is 1. The topological polar surface area (TPSA) is 30.9 Å². The quantitative estimate of drug-likeness (QED) is 0.294. The van der Waals surface area contributed by atoms with E-state index in [9.17, 15) is 0 Å². The van der Waals surface area contributed by atoms with Gasteiger partial charge in [0.05, 0.1) is 21.3 Å². The minimum atomic E-state index is 0.456. The van der Waals surface area contributed by atoms with E-state index in [0.29, 0.717) is 6.04 Å². The SMILES string of the molecule is COc1ccc(/C=C/c2ccccc2)c(CCC(C)N(C)CCc2ccc(OC)c(OC)c2)c1. The van der Waals surface area contributed by atoms with Crippen LogP contribution in [-0.2, 0) is 12.8 Å². The maximum atomic E-state index is 5.50. The maximum absolute atomic E-state index is 5.50. The van der Waals surface area contributed by atoms with Crippen molar-refractivity contribution < 1.29 is 14.2 Å². The van der Waals surface area contributed by atoms with Crippen LogP contribution in [0.1, 0.15) is 35.6 Å². The molecule has 0 radical (unpaired) electrons. The van der Waals surface area contributed by atoms with Crippen LogP contribution in [0, 0.1) is 0 Å². The molecule has 3 rings (SSSR count). The molecule has 0 amide bonds. The molecule has 0 aliphatic heterocycles. The molecule has 0 bridgehead atoms. The molecule has 0 saturated carbocycles. The van der Waals surface area contributed by atoms with Gasteiger partial charge in [0.1, 0.15) is 5.75 Å². The first-order chi connectivity index (χ1) is 16.5. The highest BCUT2D eigenvalue weighted by Gasteiger charge is 2.12. The maximum Gasteiger partial charge on any atom is 0.160 e. The van der Waals surface area contributed by atoms with Crippen molar-refractivity contribution in [3.05, 3.63) is 89.0 Å². The van der Waals surface area contributed by atoms with Crippen LogP contribution in [0.15, 0.2) is 66.7 Å². The number of hydrogen-bond acceptors (Lipinski definition) is 4. The first kappa shape index (κ1) is 25.4. The summed E-state index contributed by atoms with van der Waals surface area (Å²) in [5.74, 6) is 2.45. The van der Waals surface area contributed by atoms with Gasteiger partial charge in [0.25, 0.3) is 0 Å². The summed E-state index contributed by atoms with van der Waals surface area (Å²) < 4.78 is 16.3. The predicted molar refractivity (Wildman–Crippen MR) is 142 cm³/mol. The van der Waals surface area contributed by atoms with E-state index in [1.54, 1.807) is 21.3 Å². The fourth-order valence-electron chi connectivity index (χ4n) is 3.99. The highest BCUT2D eigenvalue weighted by atomic mass is 16.5. The standard InChI is InChI=1S/C30H37NO3/c1-23(31(2)20-19-25-13-18-29(33-4)30(21-25)34-5)11-14-27-22-28(32-3)17-16-26(27)15-12-24-9-7-6-8-10-24/h6-10,12-13,15-18,21-23H,11,14,19-20H2,1-5H3/b15-12+. The van der Waals surface area contributed by atoms with Gasteiger partial charge >= 0.3 is 0 Å². The van der Waals surface area contributed by atoms with Gasteiger partial charge in [0, 0.05) is 12.6 Å². The molecular weight excluding hydrogens is 422 g/mol. The van der Waals surface area contributed by atoms with E-state index in [1.807, 2.05) is 18.2 Å². The first-order valence-electron chi connectivity index (χ1n) is 11.8. The van der Waals surface area contributed by atoms with Crippen LogP contribution in [0.5, 0.6) is 17.2 Å². The van der Waals surface area contributed by atoms with Crippen LogP contribution < -0.4 is 14.2 Å². The Hall–Kier alpha value is -3.24. The zero-order valence-corrected chi connectivity index (χ0v) is 21.1. The lowest BCUT2D eigenvalue weighted by Crippen LogP contribution is -2.31. The summed E-state index contributed by atoms with van der Waals surface area (Å²) >= 11 is 0. The van der Waals surface area contributed by atoms with Crippen LogP contribution in [0.3, 0.4) is 0 Å². The van der Waals surface area contributed by atoms with E-state index >= 15 is 0 Å². The molecule has 180 valence electrons. The van der Waals surface area contributed by atoms with Crippen LogP contribution in [0.2, 0.25) is 0 Å². The zero-order chi connectivity index (χ0) is 24.3. The average molecular weight is 460 g/mol. The molecule has 3 aromatic rings. The van der Waals surface area contributed by atoms with Gasteiger partial charge in [-0.15, -0.1) is 0 Å². The molecule has 34 heavy (non-hydrogen) atoms. The lowest BCUT2D eigenvalue weighted by atomic mass is 9.98. The molecule has 0 aliphatic rings. The molecule has 0 N–H and O–H groups in total. The van der Waals surface area contributed by atoms with E-state index in [2.05, 4.69) is 79.6 Å². The van der Waals surface area contributed by atoms with Gasteiger partial charge in [-0.1, -0.05) is 54.6 Å². The third kappa shape index (κ3) is 7.13. The van der Waals surface area contributed by atoms with Crippen molar-refractivity contribution in [2.45, 2.75) is 32.2 Å². The number of methoxy groups -OCH3 is 3. The summed E-state index contributed by atoms with van der Waals surface area (Å²) in [6, 6.07) is 23.4. The normalized spacial score (nSPS) is 12.2. The number of ether oxygens (including phenoxy) is 3. The van der Waals surface area contributed by atoms with E-state index in [1.165, 1.54) is 22.3 Å². The van der Waals surface area contributed by atoms with Crippen molar-refractivity contribution in [2.24, 2.45) is 0 Å². The molecule has 0 aromatic heterocycles. The van der Waals surface area contributed by atoms with Crippen molar-refractivity contribution in [1.82, 2.24) is 4.90 Å². The fraction of sp³-hybridized carbons (Fsp3) is 0.333. The van der Waals surface area contributed by atoms with Crippen molar-refractivity contribution in [3.8, 4) is 17.2 Å². The van der Waals surface area contributed by atoms with Crippen molar-refractivity contribution in [3.63, 3.8) is 0 Å². The Bertz CT molecular complexity index is 1060. The molecule has 0 aliphatic carbocycles. The summed E-state index contributed by atoms with van der Waals surface area (Å²) in [4.78, 5) is 2.43. The average Bonchev–Trinajstić information content (AvgIpc) is 2.89. The second-order valence-electron chi connectivity index (χ2n) is 8.62. The third-order valence-corrected chi connectivity index (χ3v) is 6.39. The molecule has 0 spiro atoms. The number of aryl methyl sites for hydroxylation is 1. The Morgan fingerprint density at radius 3 is 2.26 bits per heavy atom. The van der Waals surface area contributed by atoms with Crippen molar-refractivity contribution in [1.29, 1.82) is 0 Å². The van der Waals surface area contributed by atoms with Gasteiger partial charge in [-0.05, 0) is 79.8 Å². The largest absolute Gasteiger partial charge is 0.497 e. The highest BCUT2D eigenvalue weighted by Crippen LogP contribution is 2.28. The Morgan fingerprint density at radius 1 is 0.794 bits per heavy atom. The molecule has 0 heterocycles. The monoisotopic (exact) mass is 459 g/mol. The second-order valence-corrected chi connectivity index (χ2v) is 8.62. The van der Waals surface area contributed by atoms with Gasteiger partial charge in [-0.3, -0.25) is 0 Å². The Kier molecular flexibility index (Phi) is 9.60. The van der Waals surface area contributed by atoms with E-state index < -0.39 is 0 Å². The van der Waals surface area contributed by atoms with Gasteiger partial charge in [0.15, 0.2) is 11.5 Å². The molecule has 0 saturated heterocycles. The fourth-order valence-corrected chi connectivity index (χ4v) is 3.99.